The largest absolute Gasteiger partial charge is 0.493 e. The van der Waals surface area contributed by atoms with Crippen LogP contribution in [0.15, 0.2) is 28.9 Å². The summed E-state index contributed by atoms with van der Waals surface area (Å²) in [5, 5.41) is 4.15. The first kappa shape index (κ1) is 13.8. The Morgan fingerprint density at radius 3 is 2.79 bits per heavy atom. The summed E-state index contributed by atoms with van der Waals surface area (Å²) in [6, 6.07) is 5.65. The van der Waals surface area contributed by atoms with Gasteiger partial charge in [0.05, 0.1) is 13.3 Å². The summed E-state index contributed by atoms with van der Waals surface area (Å²) in [5.74, 6) is 0.405. The van der Waals surface area contributed by atoms with Gasteiger partial charge in [0.15, 0.2) is 11.4 Å². The molecule has 0 spiro atoms. The van der Waals surface area contributed by atoms with Gasteiger partial charge in [-0.25, -0.2) is 0 Å². The fraction of sp³-hybridized carbons (Fsp3) is 0.286. The number of ketones is 1. The normalized spacial score (nSPS) is 10.5. The van der Waals surface area contributed by atoms with E-state index < -0.39 is 0 Å². The molecule has 0 aliphatic rings. The van der Waals surface area contributed by atoms with E-state index >= 15 is 0 Å². The fourth-order valence-corrected chi connectivity index (χ4v) is 2.59. The summed E-state index contributed by atoms with van der Waals surface area (Å²) in [7, 11) is 1.54. The quantitative estimate of drug-likeness (QED) is 0.812. The molecule has 0 aliphatic heterocycles. The smallest absolute Gasteiger partial charge is 0.215 e. The van der Waals surface area contributed by atoms with Crippen LogP contribution in [0, 0.1) is 6.92 Å². The van der Waals surface area contributed by atoms with E-state index in [0.29, 0.717) is 23.6 Å². The number of hydrogen-bond donors (Lipinski definition) is 0. The lowest BCUT2D eigenvalue weighted by atomic mass is 10.1. The van der Waals surface area contributed by atoms with Crippen molar-refractivity contribution in [3.05, 3.63) is 45.7 Å². The van der Waals surface area contributed by atoms with E-state index in [0.717, 1.165) is 10.0 Å². The Morgan fingerprint density at radius 1 is 1.47 bits per heavy atom. The van der Waals surface area contributed by atoms with E-state index in [-0.39, 0.29) is 5.78 Å². The maximum Gasteiger partial charge on any atom is 0.215 e. The third-order valence-corrected chi connectivity index (χ3v) is 3.57. The van der Waals surface area contributed by atoms with Crippen LogP contribution in [-0.2, 0) is 6.54 Å². The number of aromatic nitrogens is 2. The van der Waals surface area contributed by atoms with E-state index in [2.05, 4.69) is 21.0 Å². The SMILES string of the molecule is CCn1ncc(OC)c1C(=O)c1ccc(C)cc1Br. The molecular weight excluding hydrogens is 308 g/mol. The molecule has 1 heterocycles. The molecular formula is C14H15BrN2O2. The Hall–Kier alpha value is -1.62. The first-order valence-corrected chi connectivity index (χ1v) is 6.78. The van der Waals surface area contributed by atoms with Gasteiger partial charge >= 0.3 is 0 Å². The van der Waals surface area contributed by atoms with Crippen LogP contribution in [0.5, 0.6) is 5.75 Å². The monoisotopic (exact) mass is 322 g/mol. The highest BCUT2D eigenvalue weighted by Crippen LogP contribution is 2.26. The molecule has 0 atom stereocenters. The zero-order valence-electron chi connectivity index (χ0n) is 11.1. The molecule has 2 aromatic rings. The average Bonchev–Trinajstić information content (AvgIpc) is 2.80. The van der Waals surface area contributed by atoms with Gasteiger partial charge < -0.3 is 4.74 Å². The number of ether oxygens (including phenoxy) is 1. The van der Waals surface area contributed by atoms with Crippen LogP contribution < -0.4 is 4.74 Å². The number of hydrogen-bond acceptors (Lipinski definition) is 3. The minimum absolute atomic E-state index is 0.0944. The van der Waals surface area contributed by atoms with Gasteiger partial charge in [-0.1, -0.05) is 22.0 Å². The molecule has 0 fully saturated rings. The number of halogens is 1. The number of methoxy groups -OCH3 is 1. The number of nitrogens with zero attached hydrogens (tertiary/aromatic N) is 2. The number of carbonyl (C=O) groups is 1. The summed E-state index contributed by atoms with van der Waals surface area (Å²) < 4.78 is 7.64. The Labute approximate surface area is 120 Å². The summed E-state index contributed by atoms with van der Waals surface area (Å²) >= 11 is 3.43. The number of benzene rings is 1. The van der Waals surface area contributed by atoms with Crippen LogP contribution >= 0.6 is 15.9 Å². The van der Waals surface area contributed by atoms with Gasteiger partial charge in [-0.05, 0) is 31.5 Å². The van der Waals surface area contributed by atoms with Crippen LogP contribution in [0.1, 0.15) is 28.5 Å². The molecule has 0 aliphatic carbocycles. The molecule has 0 amide bonds. The van der Waals surface area contributed by atoms with Gasteiger partial charge in [0, 0.05) is 16.6 Å². The Bertz CT molecular complexity index is 598. The minimum atomic E-state index is -0.0944. The third-order valence-electron chi connectivity index (χ3n) is 2.91. The maximum atomic E-state index is 12.6. The summed E-state index contributed by atoms with van der Waals surface area (Å²) in [6.07, 6.45) is 1.57. The predicted octanol–water partition coefficient (Wildman–Crippen LogP) is 3.21. The molecule has 0 saturated heterocycles. The van der Waals surface area contributed by atoms with Gasteiger partial charge in [-0.15, -0.1) is 0 Å². The summed E-state index contributed by atoms with van der Waals surface area (Å²) in [4.78, 5) is 12.6. The molecule has 0 N–H and O–H groups in total. The number of carbonyl (C=O) groups excluding carboxylic acids is 1. The molecule has 1 aromatic carbocycles. The molecule has 0 radical (unpaired) electrons. The van der Waals surface area contributed by atoms with Crippen molar-refractivity contribution in [2.24, 2.45) is 0 Å². The van der Waals surface area contributed by atoms with Crippen molar-refractivity contribution in [2.75, 3.05) is 7.11 Å². The van der Waals surface area contributed by atoms with Crippen LogP contribution in [0.25, 0.3) is 0 Å². The van der Waals surface area contributed by atoms with Crippen LogP contribution in [-0.4, -0.2) is 22.7 Å². The highest BCUT2D eigenvalue weighted by Gasteiger charge is 2.22. The van der Waals surface area contributed by atoms with E-state index in [4.69, 9.17) is 4.74 Å². The van der Waals surface area contributed by atoms with Crippen molar-refractivity contribution >= 4 is 21.7 Å². The zero-order chi connectivity index (χ0) is 14.0. The Morgan fingerprint density at radius 2 is 2.21 bits per heavy atom. The van der Waals surface area contributed by atoms with Crippen molar-refractivity contribution < 1.29 is 9.53 Å². The van der Waals surface area contributed by atoms with E-state index in [1.54, 1.807) is 10.9 Å². The van der Waals surface area contributed by atoms with Crippen LogP contribution in [0.2, 0.25) is 0 Å². The fourth-order valence-electron chi connectivity index (χ4n) is 1.92. The first-order chi connectivity index (χ1) is 9.08. The van der Waals surface area contributed by atoms with Crippen molar-refractivity contribution in [2.45, 2.75) is 20.4 Å². The Balaban J connectivity index is 2.52. The van der Waals surface area contributed by atoms with Gasteiger partial charge in [-0.2, -0.15) is 5.10 Å². The van der Waals surface area contributed by atoms with Crippen LogP contribution in [0.3, 0.4) is 0 Å². The van der Waals surface area contributed by atoms with Gasteiger partial charge in [-0.3, -0.25) is 9.48 Å². The second kappa shape index (κ2) is 5.57. The number of rotatable bonds is 4. The second-order valence-electron chi connectivity index (χ2n) is 4.19. The van der Waals surface area contributed by atoms with Crippen molar-refractivity contribution in [3.63, 3.8) is 0 Å². The maximum absolute atomic E-state index is 12.6. The van der Waals surface area contributed by atoms with Gasteiger partial charge in [0.25, 0.3) is 0 Å². The standard InChI is InChI=1S/C14H15BrN2O2/c1-4-17-13(12(19-3)8-16-17)14(18)10-6-5-9(2)7-11(10)15/h5-8H,4H2,1-3H3. The lowest BCUT2D eigenvalue weighted by Gasteiger charge is -2.08. The molecule has 4 nitrogen and oxygen atoms in total. The van der Waals surface area contributed by atoms with E-state index in [9.17, 15) is 4.79 Å². The lowest BCUT2D eigenvalue weighted by Crippen LogP contribution is -2.12. The highest BCUT2D eigenvalue weighted by atomic mass is 79.9. The van der Waals surface area contributed by atoms with E-state index in [1.807, 2.05) is 32.0 Å². The molecule has 1 aromatic heterocycles. The van der Waals surface area contributed by atoms with Gasteiger partial charge in [0.2, 0.25) is 5.78 Å². The molecule has 5 heteroatoms. The number of aryl methyl sites for hydroxylation is 2. The third kappa shape index (κ3) is 2.56. The summed E-state index contributed by atoms with van der Waals surface area (Å²) in [5.41, 5.74) is 2.19. The zero-order valence-corrected chi connectivity index (χ0v) is 12.7. The molecule has 0 saturated carbocycles. The highest BCUT2D eigenvalue weighted by molar-refractivity contribution is 9.10. The molecule has 19 heavy (non-hydrogen) atoms. The van der Waals surface area contributed by atoms with E-state index in [1.165, 1.54) is 7.11 Å². The summed E-state index contributed by atoms with van der Waals surface area (Å²) in [6.45, 7) is 4.54. The van der Waals surface area contributed by atoms with Crippen molar-refractivity contribution in [3.8, 4) is 5.75 Å². The van der Waals surface area contributed by atoms with Crippen molar-refractivity contribution in [1.29, 1.82) is 0 Å². The Kier molecular flexibility index (Phi) is 4.04. The second-order valence-corrected chi connectivity index (χ2v) is 5.04. The average molecular weight is 323 g/mol. The first-order valence-electron chi connectivity index (χ1n) is 5.99. The van der Waals surface area contributed by atoms with Crippen LogP contribution in [0.4, 0.5) is 0 Å². The molecule has 0 unspecified atom stereocenters. The predicted molar refractivity (Wildman–Crippen MR) is 76.8 cm³/mol. The topological polar surface area (TPSA) is 44.1 Å². The van der Waals surface area contributed by atoms with Gasteiger partial charge in [0.1, 0.15) is 0 Å². The molecule has 2 rings (SSSR count). The van der Waals surface area contributed by atoms with Crippen molar-refractivity contribution in [1.82, 2.24) is 9.78 Å². The molecule has 100 valence electrons. The molecule has 0 bridgehead atoms. The lowest BCUT2D eigenvalue weighted by molar-refractivity contribution is 0.102. The minimum Gasteiger partial charge on any atom is -0.493 e.